The number of anilines is 2. The SMILES string of the molecule is CCCc1ccc(N[C@@H](C)C(=O)Nc2ccc(Cl)cn2)cc1. The second-order valence-corrected chi connectivity index (χ2v) is 5.60. The quantitative estimate of drug-likeness (QED) is 0.842. The number of carbonyl (C=O) groups is 1. The number of benzene rings is 1. The van der Waals surface area contributed by atoms with Crippen molar-refractivity contribution < 1.29 is 4.79 Å². The van der Waals surface area contributed by atoms with Crippen molar-refractivity contribution in [1.82, 2.24) is 4.98 Å². The molecule has 0 bridgehead atoms. The van der Waals surface area contributed by atoms with Crippen LogP contribution in [0.4, 0.5) is 11.5 Å². The number of nitrogens with zero attached hydrogens (tertiary/aromatic N) is 1. The molecule has 0 saturated heterocycles. The molecule has 1 amide bonds. The first-order valence-electron chi connectivity index (χ1n) is 7.36. The molecule has 0 spiro atoms. The van der Waals surface area contributed by atoms with Crippen LogP contribution in [0.25, 0.3) is 0 Å². The van der Waals surface area contributed by atoms with Crippen LogP contribution in [0.3, 0.4) is 0 Å². The van der Waals surface area contributed by atoms with Gasteiger partial charge in [0.25, 0.3) is 0 Å². The summed E-state index contributed by atoms with van der Waals surface area (Å²) in [6, 6.07) is 11.1. The first kappa shape index (κ1) is 16.3. The smallest absolute Gasteiger partial charge is 0.247 e. The van der Waals surface area contributed by atoms with Gasteiger partial charge in [-0.2, -0.15) is 0 Å². The second kappa shape index (κ2) is 7.80. The molecule has 2 aromatic rings. The van der Waals surface area contributed by atoms with Crippen LogP contribution in [0.2, 0.25) is 5.02 Å². The van der Waals surface area contributed by atoms with Gasteiger partial charge in [-0.15, -0.1) is 0 Å². The minimum atomic E-state index is -0.366. The lowest BCUT2D eigenvalue weighted by Crippen LogP contribution is -2.32. The molecule has 116 valence electrons. The zero-order valence-electron chi connectivity index (χ0n) is 12.8. The third-order valence-electron chi connectivity index (χ3n) is 3.25. The topological polar surface area (TPSA) is 54.0 Å². The van der Waals surface area contributed by atoms with Crippen LogP contribution in [-0.2, 0) is 11.2 Å². The number of aryl methyl sites for hydroxylation is 1. The number of rotatable bonds is 6. The summed E-state index contributed by atoms with van der Waals surface area (Å²) in [6.45, 7) is 3.97. The summed E-state index contributed by atoms with van der Waals surface area (Å²) < 4.78 is 0. The Morgan fingerprint density at radius 1 is 1.23 bits per heavy atom. The molecule has 4 nitrogen and oxygen atoms in total. The maximum atomic E-state index is 12.1. The van der Waals surface area contributed by atoms with Gasteiger partial charge in [-0.25, -0.2) is 4.98 Å². The first-order chi connectivity index (χ1) is 10.6. The number of amides is 1. The van der Waals surface area contributed by atoms with Crippen LogP contribution >= 0.6 is 11.6 Å². The highest BCUT2D eigenvalue weighted by Gasteiger charge is 2.13. The zero-order valence-corrected chi connectivity index (χ0v) is 13.5. The monoisotopic (exact) mass is 317 g/mol. The Morgan fingerprint density at radius 2 is 1.95 bits per heavy atom. The van der Waals surface area contributed by atoms with E-state index in [-0.39, 0.29) is 11.9 Å². The van der Waals surface area contributed by atoms with Crippen molar-refractivity contribution in [2.75, 3.05) is 10.6 Å². The molecule has 0 radical (unpaired) electrons. The Morgan fingerprint density at radius 3 is 2.55 bits per heavy atom. The lowest BCUT2D eigenvalue weighted by atomic mass is 10.1. The van der Waals surface area contributed by atoms with E-state index in [0.29, 0.717) is 10.8 Å². The highest BCUT2D eigenvalue weighted by Crippen LogP contribution is 2.13. The highest BCUT2D eigenvalue weighted by molar-refractivity contribution is 6.30. The number of pyridine rings is 1. The third-order valence-corrected chi connectivity index (χ3v) is 3.47. The van der Waals surface area contributed by atoms with Crippen molar-refractivity contribution in [1.29, 1.82) is 0 Å². The fourth-order valence-electron chi connectivity index (χ4n) is 2.06. The number of hydrogen-bond donors (Lipinski definition) is 2. The van der Waals surface area contributed by atoms with E-state index in [1.165, 1.54) is 11.8 Å². The van der Waals surface area contributed by atoms with Gasteiger partial charge >= 0.3 is 0 Å². The van der Waals surface area contributed by atoms with Gasteiger partial charge in [-0.1, -0.05) is 37.1 Å². The molecule has 0 unspecified atom stereocenters. The fraction of sp³-hybridized carbons (Fsp3) is 0.294. The van der Waals surface area contributed by atoms with Gasteiger partial charge in [0.15, 0.2) is 0 Å². The van der Waals surface area contributed by atoms with Gasteiger partial charge in [0.1, 0.15) is 11.9 Å². The normalized spacial score (nSPS) is 11.8. The molecule has 0 fully saturated rings. The van der Waals surface area contributed by atoms with Crippen LogP contribution < -0.4 is 10.6 Å². The molecule has 5 heteroatoms. The minimum Gasteiger partial charge on any atom is -0.374 e. The van der Waals surface area contributed by atoms with Gasteiger partial charge < -0.3 is 10.6 Å². The molecular weight excluding hydrogens is 298 g/mol. The number of nitrogens with one attached hydrogen (secondary N) is 2. The van der Waals surface area contributed by atoms with E-state index in [2.05, 4.69) is 34.7 Å². The van der Waals surface area contributed by atoms with E-state index in [1.54, 1.807) is 12.1 Å². The van der Waals surface area contributed by atoms with Gasteiger partial charge in [0.05, 0.1) is 5.02 Å². The summed E-state index contributed by atoms with van der Waals surface area (Å²) in [5.41, 5.74) is 2.22. The molecule has 0 aliphatic carbocycles. The molecule has 22 heavy (non-hydrogen) atoms. The van der Waals surface area contributed by atoms with Crippen LogP contribution in [0.1, 0.15) is 25.8 Å². The van der Waals surface area contributed by atoms with Gasteiger partial charge in [-0.05, 0) is 43.2 Å². The first-order valence-corrected chi connectivity index (χ1v) is 7.74. The Kier molecular flexibility index (Phi) is 5.78. The summed E-state index contributed by atoms with van der Waals surface area (Å²) in [4.78, 5) is 16.2. The summed E-state index contributed by atoms with van der Waals surface area (Å²) in [5, 5.41) is 6.46. The Labute approximate surface area is 135 Å². The lowest BCUT2D eigenvalue weighted by molar-refractivity contribution is -0.116. The summed E-state index contributed by atoms with van der Waals surface area (Å²) in [7, 11) is 0. The Hall–Kier alpha value is -2.07. The van der Waals surface area contributed by atoms with E-state index in [9.17, 15) is 4.79 Å². The van der Waals surface area contributed by atoms with Crippen LogP contribution in [0.5, 0.6) is 0 Å². The predicted octanol–water partition coefficient (Wildman–Crippen LogP) is 4.13. The van der Waals surface area contributed by atoms with E-state index in [4.69, 9.17) is 11.6 Å². The molecule has 0 aliphatic rings. The molecule has 1 aromatic carbocycles. The van der Waals surface area contributed by atoms with Crippen molar-refractivity contribution in [3.63, 3.8) is 0 Å². The van der Waals surface area contributed by atoms with Gasteiger partial charge in [-0.3, -0.25) is 4.79 Å². The van der Waals surface area contributed by atoms with Crippen LogP contribution in [-0.4, -0.2) is 16.9 Å². The molecule has 1 atom stereocenters. The standard InChI is InChI=1S/C17H20ClN3O/c1-3-4-13-5-8-15(9-6-13)20-12(2)17(22)21-16-10-7-14(18)11-19-16/h5-12,20H,3-4H2,1-2H3,(H,19,21,22)/t12-/m0/s1. The predicted molar refractivity (Wildman–Crippen MR) is 91.4 cm³/mol. The van der Waals surface area contributed by atoms with E-state index in [0.717, 1.165) is 18.5 Å². The third kappa shape index (κ3) is 4.74. The highest BCUT2D eigenvalue weighted by atomic mass is 35.5. The summed E-state index contributed by atoms with van der Waals surface area (Å²) >= 11 is 5.77. The Bertz CT molecular complexity index is 611. The van der Waals surface area contributed by atoms with Crippen LogP contribution in [0, 0.1) is 0 Å². The summed E-state index contributed by atoms with van der Waals surface area (Å²) in [6.07, 6.45) is 3.69. The van der Waals surface area contributed by atoms with Gasteiger partial charge in [0.2, 0.25) is 5.91 Å². The Balaban J connectivity index is 1.91. The van der Waals surface area contributed by atoms with E-state index >= 15 is 0 Å². The molecule has 2 N–H and O–H groups in total. The number of carbonyl (C=O) groups excluding carboxylic acids is 1. The minimum absolute atomic E-state index is 0.146. The average molecular weight is 318 g/mol. The molecule has 2 rings (SSSR count). The van der Waals surface area contributed by atoms with Gasteiger partial charge in [0, 0.05) is 11.9 Å². The maximum absolute atomic E-state index is 12.1. The van der Waals surface area contributed by atoms with E-state index in [1.807, 2.05) is 19.1 Å². The second-order valence-electron chi connectivity index (χ2n) is 5.16. The molecule has 1 heterocycles. The number of hydrogen-bond acceptors (Lipinski definition) is 3. The lowest BCUT2D eigenvalue weighted by Gasteiger charge is -2.15. The van der Waals surface area contributed by atoms with Crippen molar-refractivity contribution in [2.24, 2.45) is 0 Å². The number of aromatic nitrogens is 1. The van der Waals surface area contributed by atoms with Crippen molar-refractivity contribution in [3.8, 4) is 0 Å². The average Bonchev–Trinajstić information content (AvgIpc) is 2.51. The van der Waals surface area contributed by atoms with Crippen molar-refractivity contribution >= 4 is 29.0 Å². The summed E-state index contributed by atoms with van der Waals surface area (Å²) in [5.74, 6) is 0.341. The molecule has 0 saturated carbocycles. The zero-order chi connectivity index (χ0) is 15.9. The van der Waals surface area contributed by atoms with E-state index < -0.39 is 0 Å². The molecule has 1 aromatic heterocycles. The molecule has 0 aliphatic heterocycles. The molecular formula is C17H20ClN3O. The largest absolute Gasteiger partial charge is 0.374 e. The fourth-order valence-corrected chi connectivity index (χ4v) is 2.17. The van der Waals surface area contributed by atoms with Crippen LogP contribution in [0.15, 0.2) is 42.6 Å². The maximum Gasteiger partial charge on any atom is 0.247 e. The van der Waals surface area contributed by atoms with Crippen molar-refractivity contribution in [3.05, 3.63) is 53.2 Å². The van der Waals surface area contributed by atoms with Crippen molar-refractivity contribution in [2.45, 2.75) is 32.7 Å². The number of halogens is 1.